The summed E-state index contributed by atoms with van der Waals surface area (Å²) in [4.78, 5) is 16.5. The molecule has 3 rings (SSSR count). The molecule has 0 aromatic carbocycles. The Hall–Kier alpha value is -1.24. The summed E-state index contributed by atoms with van der Waals surface area (Å²) >= 11 is 7.02. The van der Waals surface area contributed by atoms with Gasteiger partial charge in [0.25, 0.3) is 5.91 Å². The van der Waals surface area contributed by atoms with E-state index in [9.17, 15) is 4.79 Å². The van der Waals surface area contributed by atoms with Gasteiger partial charge in [-0.1, -0.05) is 0 Å². The highest BCUT2D eigenvalue weighted by Gasteiger charge is 2.33. The van der Waals surface area contributed by atoms with Crippen molar-refractivity contribution in [3.63, 3.8) is 0 Å². The lowest BCUT2D eigenvalue weighted by Crippen LogP contribution is -2.37. The zero-order valence-corrected chi connectivity index (χ0v) is 13.8. The Bertz CT molecular complexity index is 615. The molecule has 1 unspecified atom stereocenters. The van der Waals surface area contributed by atoms with Crippen molar-refractivity contribution in [1.29, 1.82) is 0 Å². The number of nitrogens with one attached hydrogen (secondary N) is 1. The Labute approximate surface area is 133 Å². The molecule has 3 heterocycles. The summed E-state index contributed by atoms with van der Waals surface area (Å²) in [6, 6.07) is 2.09. The molecule has 0 radical (unpaired) electrons. The minimum Gasteiger partial charge on any atom is -0.376 e. The van der Waals surface area contributed by atoms with E-state index < -0.39 is 0 Å². The number of ether oxygens (including phenoxy) is 1. The van der Waals surface area contributed by atoms with Crippen molar-refractivity contribution in [3.05, 3.63) is 27.1 Å². The number of carbonyl (C=O) groups is 1. The van der Waals surface area contributed by atoms with E-state index in [2.05, 4.69) is 25.2 Å². The lowest BCUT2D eigenvalue weighted by Gasteiger charge is -2.18. The van der Waals surface area contributed by atoms with Crippen molar-refractivity contribution in [2.24, 2.45) is 0 Å². The number of aryl methyl sites for hydroxylation is 2. The molecule has 6 heteroatoms. The number of thiophene rings is 1. The average Bonchev–Trinajstić information content (AvgIpc) is 3.10. The highest BCUT2D eigenvalue weighted by Crippen LogP contribution is 2.24. The van der Waals surface area contributed by atoms with E-state index in [4.69, 9.17) is 17.0 Å². The van der Waals surface area contributed by atoms with Gasteiger partial charge in [-0.15, -0.1) is 11.3 Å². The summed E-state index contributed by atoms with van der Waals surface area (Å²) in [6.07, 6.45) is 4.05. The molecule has 0 spiro atoms. The van der Waals surface area contributed by atoms with Crippen LogP contribution in [0.25, 0.3) is 6.08 Å². The number of thiocarbonyl (C=S) groups is 1. The summed E-state index contributed by atoms with van der Waals surface area (Å²) in [7, 11) is 0. The van der Waals surface area contributed by atoms with E-state index in [1.165, 1.54) is 9.75 Å². The Morgan fingerprint density at radius 1 is 1.57 bits per heavy atom. The van der Waals surface area contributed by atoms with E-state index in [1.54, 1.807) is 16.2 Å². The third-order valence-electron chi connectivity index (χ3n) is 3.75. The predicted octanol–water partition coefficient (Wildman–Crippen LogP) is 2.60. The summed E-state index contributed by atoms with van der Waals surface area (Å²) in [5.41, 5.74) is 1.63. The standard InChI is InChI=1S/C15H18N2O2S2/c1-9-6-11(10(2)21-9)7-13-14(18)17(15(20)16-13)8-12-4-3-5-19-12/h6-7,12H,3-5,8H2,1-2H3,(H,16,20)/b13-7+. The van der Waals surface area contributed by atoms with Crippen LogP contribution in [-0.2, 0) is 9.53 Å². The minimum atomic E-state index is -0.0567. The molecular formula is C15H18N2O2S2. The molecule has 2 aliphatic rings. The highest BCUT2D eigenvalue weighted by atomic mass is 32.1. The molecule has 2 aliphatic heterocycles. The fourth-order valence-electron chi connectivity index (χ4n) is 2.68. The van der Waals surface area contributed by atoms with Crippen LogP contribution in [0.1, 0.15) is 28.2 Å². The van der Waals surface area contributed by atoms with Crippen molar-refractivity contribution in [2.45, 2.75) is 32.8 Å². The number of hydrogen-bond donors (Lipinski definition) is 1. The lowest BCUT2D eigenvalue weighted by atomic mass is 10.2. The highest BCUT2D eigenvalue weighted by molar-refractivity contribution is 7.80. The molecule has 0 bridgehead atoms. The molecule has 2 saturated heterocycles. The third kappa shape index (κ3) is 3.02. The molecule has 4 nitrogen and oxygen atoms in total. The third-order valence-corrected chi connectivity index (χ3v) is 5.06. The largest absolute Gasteiger partial charge is 0.376 e. The summed E-state index contributed by atoms with van der Waals surface area (Å²) in [6.45, 7) is 5.45. The average molecular weight is 322 g/mol. The van der Waals surface area contributed by atoms with Crippen LogP contribution in [0.5, 0.6) is 0 Å². The van der Waals surface area contributed by atoms with Gasteiger partial charge in [-0.05, 0) is 56.6 Å². The molecular weight excluding hydrogens is 304 g/mol. The molecule has 2 fully saturated rings. The summed E-state index contributed by atoms with van der Waals surface area (Å²) in [5.74, 6) is -0.0567. The van der Waals surface area contributed by atoms with Gasteiger partial charge >= 0.3 is 0 Å². The normalized spacial score (nSPS) is 24.2. The number of carbonyl (C=O) groups excluding carboxylic acids is 1. The molecule has 0 aliphatic carbocycles. The fourth-order valence-corrected chi connectivity index (χ4v) is 3.85. The van der Waals surface area contributed by atoms with E-state index in [-0.39, 0.29) is 12.0 Å². The van der Waals surface area contributed by atoms with E-state index in [0.29, 0.717) is 17.4 Å². The first kappa shape index (κ1) is 14.7. The molecule has 1 aromatic rings. The Morgan fingerprint density at radius 2 is 2.38 bits per heavy atom. The molecule has 0 saturated carbocycles. The van der Waals surface area contributed by atoms with Gasteiger partial charge < -0.3 is 10.1 Å². The van der Waals surface area contributed by atoms with Gasteiger partial charge in [-0.3, -0.25) is 9.69 Å². The maximum absolute atomic E-state index is 12.5. The molecule has 21 heavy (non-hydrogen) atoms. The quantitative estimate of drug-likeness (QED) is 0.686. The van der Waals surface area contributed by atoms with E-state index >= 15 is 0 Å². The van der Waals surface area contributed by atoms with Crippen molar-refractivity contribution >= 4 is 40.7 Å². The minimum absolute atomic E-state index is 0.0567. The topological polar surface area (TPSA) is 41.6 Å². The van der Waals surface area contributed by atoms with Crippen molar-refractivity contribution < 1.29 is 9.53 Å². The van der Waals surface area contributed by atoms with Crippen LogP contribution in [0.15, 0.2) is 11.8 Å². The maximum Gasteiger partial charge on any atom is 0.276 e. The van der Waals surface area contributed by atoms with Gasteiger partial charge in [-0.25, -0.2) is 0 Å². The number of nitrogens with zero attached hydrogens (tertiary/aromatic N) is 1. The second-order valence-corrected chi connectivity index (χ2v) is 7.25. The lowest BCUT2D eigenvalue weighted by molar-refractivity contribution is -0.123. The molecule has 1 atom stereocenters. The van der Waals surface area contributed by atoms with Crippen LogP contribution in [0.2, 0.25) is 0 Å². The SMILES string of the molecule is Cc1cc(/C=C2/NC(=S)N(CC3CCCO3)C2=O)c(C)s1. The molecule has 1 aromatic heterocycles. The van der Waals surface area contributed by atoms with Crippen LogP contribution in [0.3, 0.4) is 0 Å². The van der Waals surface area contributed by atoms with Gasteiger partial charge in [0.2, 0.25) is 0 Å². The Balaban J connectivity index is 1.77. The van der Waals surface area contributed by atoms with Gasteiger partial charge in [0, 0.05) is 16.4 Å². The first-order valence-corrected chi connectivity index (χ1v) is 8.30. The van der Waals surface area contributed by atoms with Gasteiger partial charge in [-0.2, -0.15) is 0 Å². The van der Waals surface area contributed by atoms with E-state index in [0.717, 1.165) is 25.0 Å². The molecule has 1 N–H and O–H groups in total. The number of amides is 1. The first-order valence-electron chi connectivity index (χ1n) is 7.08. The van der Waals surface area contributed by atoms with Gasteiger partial charge in [0.05, 0.1) is 12.6 Å². The maximum atomic E-state index is 12.5. The number of hydrogen-bond acceptors (Lipinski definition) is 4. The van der Waals surface area contributed by atoms with Crippen LogP contribution < -0.4 is 5.32 Å². The Morgan fingerprint density at radius 3 is 3.00 bits per heavy atom. The predicted molar refractivity (Wildman–Crippen MR) is 88.2 cm³/mol. The summed E-state index contributed by atoms with van der Waals surface area (Å²) < 4.78 is 5.59. The summed E-state index contributed by atoms with van der Waals surface area (Å²) in [5, 5.41) is 3.51. The van der Waals surface area contributed by atoms with Crippen LogP contribution in [-0.4, -0.2) is 35.2 Å². The second-order valence-electron chi connectivity index (χ2n) is 5.41. The zero-order valence-electron chi connectivity index (χ0n) is 12.1. The van der Waals surface area contributed by atoms with Crippen molar-refractivity contribution in [2.75, 3.05) is 13.2 Å². The van der Waals surface area contributed by atoms with Crippen LogP contribution in [0, 0.1) is 13.8 Å². The smallest absolute Gasteiger partial charge is 0.276 e. The van der Waals surface area contributed by atoms with Crippen molar-refractivity contribution in [3.8, 4) is 0 Å². The molecule has 1 amide bonds. The van der Waals surface area contributed by atoms with Gasteiger partial charge in [0.15, 0.2) is 5.11 Å². The second kappa shape index (κ2) is 5.87. The molecule has 112 valence electrons. The van der Waals surface area contributed by atoms with Gasteiger partial charge in [0.1, 0.15) is 5.70 Å². The fraction of sp³-hybridized carbons (Fsp3) is 0.467. The monoisotopic (exact) mass is 322 g/mol. The van der Waals surface area contributed by atoms with Crippen LogP contribution >= 0.6 is 23.6 Å². The zero-order chi connectivity index (χ0) is 15.0. The van der Waals surface area contributed by atoms with Crippen LogP contribution in [0.4, 0.5) is 0 Å². The first-order chi connectivity index (χ1) is 10.0. The number of rotatable bonds is 3. The van der Waals surface area contributed by atoms with E-state index in [1.807, 2.05) is 6.08 Å². The van der Waals surface area contributed by atoms with Crippen molar-refractivity contribution in [1.82, 2.24) is 10.2 Å². The Kier molecular flexibility index (Phi) is 4.10.